The van der Waals surface area contributed by atoms with E-state index in [9.17, 15) is 5.11 Å². The third-order valence-electron chi connectivity index (χ3n) is 5.91. The number of aliphatic hydroxyl groups excluding tert-OH is 1. The number of fused-ring (bicyclic) bond motifs is 1. The average molecular weight is 423 g/mol. The monoisotopic (exact) mass is 422 g/mol. The molecule has 0 saturated carbocycles. The van der Waals surface area contributed by atoms with E-state index in [-0.39, 0.29) is 0 Å². The summed E-state index contributed by atoms with van der Waals surface area (Å²) < 4.78 is 8.04. The summed E-state index contributed by atoms with van der Waals surface area (Å²) in [6.45, 7) is 5.75. The smallest absolute Gasteiger partial charge is 0.123 e. The van der Waals surface area contributed by atoms with Gasteiger partial charge in [-0.15, -0.1) is 0 Å². The van der Waals surface area contributed by atoms with Gasteiger partial charge in [-0.05, 0) is 51.0 Å². The zero-order valence-corrected chi connectivity index (χ0v) is 18.2. The van der Waals surface area contributed by atoms with Crippen molar-refractivity contribution in [2.24, 2.45) is 0 Å². The summed E-state index contributed by atoms with van der Waals surface area (Å²) in [5, 5.41) is 19.6. The Morgan fingerprint density at radius 3 is 2.74 bits per heavy atom. The molecule has 1 aromatic heterocycles. The fraction of sp³-hybridized carbons (Fsp3) is 0.480. The molecule has 1 saturated heterocycles. The molecule has 2 N–H and O–H groups in total. The maximum atomic E-state index is 10.4. The summed E-state index contributed by atoms with van der Waals surface area (Å²) in [6.07, 6.45) is 6.25. The fourth-order valence-corrected chi connectivity index (χ4v) is 4.25. The van der Waals surface area contributed by atoms with Gasteiger partial charge in [0.25, 0.3) is 0 Å². The Morgan fingerprint density at radius 1 is 1.03 bits per heavy atom. The van der Waals surface area contributed by atoms with E-state index in [4.69, 9.17) is 4.74 Å². The Balaban J connectivity index is 1.19. The van der Waals surface area contributed by atoms with Crippen molar-refractivity contribution in [3.63, 3.8) is 0 Å². The van der Waals surface area contributed by atoms with Crippen LogP contribution in [0.15, 0.2) is 54.7 Å². The lowest BCUT2D eigenvalue weighted by Gasteiger charge is -2.28. The highest BCUT2D eigenvalue weighted by atomic mass is 16.5. The molecule has 1 fully saturated rings. The summed E-state index contributed by atoms with van der Waals surface area (Å²) in [4.78, 5) is 2.34. The second kappa shape index (κ2) is 11.3. The molecule has 4 rings (SSSR count). The predicted octanol–water partition coefficient (Wildman–Crippen LogP) is 3.44. The van der Waals surface area contributed by atoms with Crippen LogP contribution < -0.4 is 10.1 Å². The van der Waals surface area contributed by atoms with Crippen LogP contribution in [-0.4, -0.2) is 58.7 Å². The van der Waals surface area contributed by atoms with E-state index >= 15 is 0 Å². The maximum absolute atomic E-state index is 10.4. The average Bonchev–Trinajstić information content (AvgIpc) is 3.22. The van der Waals surface area contributed by atoms with Crippen molar-refractivity contribution in [3.05, 3.63) is 60.3 Å². The molecule has 6 heteroatoms. The predicted molar refractivity (Wildman–Crippen MR) is 124 cm³/mol. The second-order valence-electron chi connectivity index (χ2n) is 8.39. The van der Waals surface area contributed by atoms with E-state index in [1.54, 1.807) is 0 Å². The number of hydrogen-bond acceptors (Lipinski definition) is 5. The van der Waals surface area contributed by atoms with Crippen molar-refractivity contribution in [1.82, 2.24) is 20.0 Å². The molecule has 0 unspecified atom stereocenters. The van der Waals surface area contributed by atoms with Crippen molar-refractivity contribution in [1.29, 1.82) is 0 Å². The SMILES string of the molecule is O[C@H](COc1ccccc1CNCCCn1ncc2ccccc21)CN1CCCCC1. The lowest BCUT2D eigenvalue weighted by molar-refractivity contribution is 0.0614. The topological polar surface area (TPSA) is 62.6 Å². The van der Waals surface area contributed by atoms with Crippen molar-refractivity contribution < 1.29 is 9.84 Å². The Labute approximate surface area is 184 Å². The molecular formula is C25H34N4O2. The molecule has 6 nitrogen and oxygen atoms in total. The number of aromatic nitrogens is 2. The number of nitrogens with zero attached hydrogens (tertiary/aromatic N) is 3. The minimum atomic E-state index is -0.456. The molecule has 3 aromatic rings. The van der Waals surface area contributed by atoms with Gasteiger partial charge < -0.3 is 20.1 Å². The Morgan fingerprint density at radius 2 is 1.84 bits per heavy atom. The number of aliphatic hydroxyl groups is 1. The molecule has 0 bridgehead atoms. The number of ether oxygens (including phenoxy) is 1. The van der Waals surface area contributed by atoms with E-state index in [2.05, 4.69) is 44.3 Å². The highest BCUT2D eigenvalue weighted by Gasteiger charge is 2.15. The van der Waals surface area contributed by atoms with Gasteiger partial charge in [-0.25, -0.2) is 0 Å². The summed E-state index contributed by atoms with van der Waals surface area (Å²) in [6, 6.07) is 16.4. The van der Waals surface area contributed by atoms with Gasteiger partial charge in [-0.1, -0.05) is 42.8 Å². The van der Waals surface area contributed by atoms with Gasteiger partial charge in [0.2, 0.25) is 0 Å². The minimum Gasteiger partial charge on any atom is -0.491 e. The largest absolute Gasteiger partial charge is 0.491 e. The van der Waals surface area contributed by atoms with E-state index in [1.165, 1.54) is 30.2 Å². The highest BCUT2D eigenvalue weighted by Crippen LogP contribution is 2.18. The number of likely N-dealkylation sites (tertiary alicyclic amines) is 1. The fourth-order valence-electron chi connectivity index (χ4n) is 4.25. The number of nitrogens with one attached hydrogen (secondary N) is 1. The maximum Gasteiger partial charge on any atom is 0.123 e. The summed E-state index contributed by atoms with van der Waals surface area (Å²) in [7, 11) is 0. The zero-order valence-electron chi connectivity index (χ0n) is 18.2. The molecule has 1 atom stereocenters. The first kappa shape index (κ1) is 21.8. The quantitative estimate of drug-likeness (QED) is 0.464. The lowest BCUT2D eigenvalue weighted by Crippen LogP contribution is -2.38. The lowest BCUT2D eigenvalue weighted by atomic mass is 10.1. The number of piperidine rings is 1. The molecule has 2 heterocycles. The number of benzene rings is 2. The number of para-hydroxylation sites is 2. The van der Waals surface area contributed by atoms with Gasteiger partial charge in [0.1, 0.15) is 18.5 Å². The molecule has 31 heavy (non-hydrogen) atoms. The van der Waals surface area contributed by atoms with Gasteiger partial charge in [-0.3, -0.25) is 4.68 Å². The van der Waals surface area contributed by atoms with E-state index in [0.29, 0.717) is 13.2 Å². The molecule has 1 aliphatic heterocycles. The van der Waals surface area contributed by atoms with E-state index in [1.807, 2.05) is 30.5 Å². The molecule has 166 valence electrons. The highest BCUT2D eigenvalue weighted by molar-refractivity contribution is 5.78. The summed E-state index contributed by atoms with van der Waals surface area (Å²) >= 11 is 0. The van der Waals surface area contributed by atoms with Gasteiger partial charge in [0.15, 0.2) is 0 Å². The minimum absolute atomic E-state index is 0.333. The molecule has 2 aromatic carbocycles. The molecule has 0 spiro atoms. The first-order valence-corrected chi connectivity index (χ1v) is 11.5. The van der Waals surface area contributed by atoms with Crippen molar-refractivity contribution in [2.45, 2.75) is 44.9 Å². The van der Waals surface area contributed by atoms with Gasteiger partial charge >= 0.3 is 0 Å². The Hall–Kier alpha value is -2.41. The van der Waals surface area contributed by atoms with Crippen LogP contribution in [0.1, 0.15) is 31.2 Å². The van der Waals surface area contributed by atoms with Crippen molar-refractivity contribution in [2.75, 3.05) is 32.8 Å². The van der Waals surface area contributed by atoms with Gasteiger partial charge in [-0.2, -0.15) is 5.10 Å². The van der Waals surface area contributed by atoms with Crippen molar-refractivity contribution >= 4 is 10.9 Å². The third kappa shape index (κ3) is 6.29. The number of aryl methyl sites for hydroxylation is 1. The van der Waals surface area contributed by atoms with Crippen molar-refractivity contribution in [3.8, 4) is 5.75 Å². The Kier molecular flexibility index (Phi) is 7.93. The van der Waals surface area contributed by atoms with Gasteiger partial charge in [0, 0.05) is 30.6 Å². The molecule has 0 radical (unpaired) electrons. The number of rotatable bonds is 11. The van der Waals surface area contributed by atoms with Crippen LogP contribution in [0.25, 0.3) is 10.9 Å². The molecule has 0 amide bonds. The van der Waals surface area contributed by atoms with E-state index < -0.39 is 6.10 Å². The van der Waals surface area contributed by atoms with E-state index in [0.717, 1.165) is 50.5 Å². The van der Waals surface area contributed by atoms with Crippen LogP contribution in [-0.2, 0) is 13.1 Å². The summed E-state index contributed by atoms with van der Waals surface area (Å²) in [5.41, 5.74) is 2.31. The van der Waals surface area contributed by atoms with Crippen LogP contribution in [0, 0.1) is 0 Å². The van der Waals surface area contributed by atoms with Crippen LogP contribution in [0.5, 0.6) is 5.75 Å². The normalized spacial score (nSPS) is 15.9. The van der Waals surface area contributed by atoms with Crippen LogP contribution >= 0.6 is 0 Å². The molecule has 0 aliphatic carbocycles. The van der Waals surface area contributed by atoms with Gasteiger partial charge in [0.05, 0.1) is 11.7 Å². The summed E-state index contributed by atoms with van der Waals surface area (Å²) in [5.74, 6) is 0.853. The van der Waals surface area contributed by atoms with Crippen LogP contribution in [0.4, 0.5) is 0 Å². The van der Waals surface area contributed by atoms with Crippen LogP contribution in [0.3, 0.4) is 0 Å². The standard InChI is InChI=1S/C25H34N4O2/c30-23(19-28-14-6-1-7-15-28)20-31-25-12-5-3-10-22(25)17-26-13-8-16-29-24-11-4-2-9-21(24)18-27-29/h2-5,9-12,18,23,26,30H,1,6-8,13-17,19-20H2/t23-/m0/s1. The first-order valence-electron chi connectivity index (χ1n) is 11.5. The number of hydrogen-bond donors (Lipinski definition) is 2. The first-order chi connectivity index (χ1) is 15.3. The zero-order chi connectivity index (χ0) is 21.3. The second-order valence-corrected chi connectivity index (χ2v) is 8.39. The molecular weight excluding hydrogens is 388 g/mol. The Bertz CT molecular complexity index is 936. The number of β-amino-alcohol motifs (C(OH)–C–C–N with tert-alkyl or cyclic N) is 1. The third-order valence-corrected chi connectivity index (χ3v) is 5.91. The van der Waals surface area contributed by atoms with Crippen LogP contribution in [0.2, 0.25) is 0 Å². The molecule has 1 aliphatic rings.